The van der Waals surface area contributed by atoms with Gasteiger partial charge in [-0.25, -0.2) is 0 Å². The number of hydrogen-bond acceptors (Lipinski definition) is 9. The van der Waals surface area contributed by atoms with E-state index < -0.39 is 0 Å². The van der Waals surface area contributed by atoms with Crippen LogP contribution in [0.15, 0.2) is 97.1 Å². The van der Waals surface area contributed by atoms with E-state index in [0.29, 0.717) is 38.1 Å². The van der Waals surface area contributed by atoms with Gasteiger partial charge in [0.15, 0.2) is 17.3 Å². The van der Waals surface area contributed by atoms with Gasteiger partial charge in [-0.1, -0.05) is 169 Å². The van der Waals surface area contributed by atoms with Crippen molar-refractivity contribution in [3.8, 4) is 22.3 Å². The molecule has 384 valence electrons. The topological polar surface area (TPSA) is 70.7 Å². The fraction of sp³-hybridized carbons (Fsp3) is 0.565. The van der Waals surface area contributed by atoms with Crippen molar-refractivity contribution in [2.75, 3.05) is 78.5 Å². The lowest BCUT2D eigenvalue weighted by atomic mass is 10.00. The molecule has 0 aliphatic carbocycles. The fourth-order valence-corrected chi connectivity index (χ4v) is 11.7. The zero-order valence-electron chi connectivity index (χ0n) is 44.5. The van der Waals surface area contributed by atoms with Crippen molar-refractivity contribution in [3.05, 3.63) is 119 Å². The lowest BCUT2D eigenvalue weighted by Gasteiger charge is -2.39. The molecule has 6 heterocycles. The number of rotatable bonds is 15. The highest BCUT2D eigenvalue weighted by Gasteiger charge is 2.36. The van der Waals surface area contributed by atoms with Gasteiger partial charge in [0, 0.05) is 56.0 Å². The maximum absolute atomic E-state index is 13.0. The van der Waals surface area contributed by atoms with Crippen LogP contribution in [0.25, 0.3) is 22.3 Å². The Morgan fingerprint density at radius 2 is 0.620 bits per heavy atom. The van der Waals surface area contributed by atoms with Gasteiger partial charge in [0.05, 0.1) is 38.1 Å². The third-order valence-electron chi connectivity index (χ3n) is 15.7. The van der Waals surface area contributed by atoms with E-state index >= 15 is 0 Å². The molecular formula is C62H88N6O3. The molecule has 4 aromatic rings. The van der Waals surface area contributed by atoms with Gasteiger partial charge >= 0.3 is 0 Å². The van der Waals surface area contributed by atoms with Gasteiger partial charge in [0.1, 0.15) is 0 Å². The monoisotopic (exact) mass is 965 g/mol. The highest BCUT2D eigenvalue weighted by atomic mass is 16.1. The first kappa shape index (κ1) is 54.4. The van der Waals surface area contributed by atoms with Crippen LogP contribution in [0.2, 0.25) is 0 Å². The van der Waals surface area contributed by atoms with E-state index in [1.165, 1.54) is 134 Å². The van der Waals surface area contributed by atoms with E-state index in [1.54, 1.807) is 0 Å². The van der Waals surface area contributed by atoms with Crippen LogP contribution >= 0.6 is 0 Å². The molecule has 4 aromatic carbocycles. The molecule has 10 rings (SSSR count). The molecule has 6 aliphatic heterocycles. The van der Waals surface area contributed by atoms with Crippen LogP contribution in [-0.2, 0) is 0 Å². The summed E-state index contributed by atoms with van der Waals surface area (Å²) in [5.74, 6) is 0.647. The van der Waals surface area contributed by atoms with Gasteiger partial charge in [0.2, 0.25) is 0 Å². The lowest BCUT2D eigenvalue weighted by Crippen LogP contribution is -2.51. The minimum Gasteiger partial charge on any atom is -0.293 e. The quantitative estimate of drug-likeness (QED) is 0.108. The van der Waals surface area contributed by atoms with E-state index in [9.17, 15) is 14.4 Å². The molecule has 9 nitrogen and oxygen atoms in total. The third kappa shape index (κ3) is 15.3. The number of fused-ring (bicyclic) bond motifs is 3. The van der Waals surface area contributed by atoms with Crippen molar-refractivity contribution in [1.29, 1.82) is 0 Å². The van der Waals surface area contributed by atoms with Crippen LogP contribution < -0.4 is 0 Å². The van der Waals surface area contributed by atoms with Crippen molar-refractivity contribution < 1.29 is 14.4 Å². The van der Waals surface area contributed by atoms with Gasteiger partial charge in [-0.2, -0.15) is 0 Å². The summed E-state index contributed by atoms with van der Waals surface area (Å²) in [5, 5.41) is 0. The average molecular weight is 965 g/mol. The molecule has 71 heavy (non-hydrogen) atoms. The normalized spacial score (nSPS) is 21.6. The van der Waals surface area contributed by atoms with Crippen molar-refractivity contribution in [2.45, 2.75) is 149 Å². The van der Waals surface area contributed by atoms with Crippen molar-refractivity contribution in [1.82, 2.24) is 29.4 Å². The summed E-state index contributed by atoms with van der Waals surface area (Å²) >= 11 is 0. The molecule has 6 saturated heterocycles. The second-order valence-corrected chi connectivity index (χ2v) is 21.0. The van der Waals surface area contributed by atoms with E-state index in [-0.39, 0.29) is 17.3 Å². The van der Waals surface area contributed by atoms with Crippen LogP contribution in [0.4, 0.5) is 0 Å². The average Bonchev–Trinajstić information content (AvgIpc) is 4.21. The van der Waals surface area contributed by atoms with E-state index in [4.69, 9.17) is 0 Å². The predicted molar refractivity (Wildman–Crippen MR) is 294 cm³/mol. The first-order valence-corrected chi connectivity index (χ1v) is 28.1. The van der Waals surface area contributed by atoms with Gasteiger partial charge in [-0.05, 0) is 107 Å². The smallest absolute Gasteiger partial charge is 0.176 e. The summed E-state index contributed by atoms with van der Waals surface area (Å²) in [6.07, 6.45) is 20.4. The third-order valence-corrected chi connectivity index (χ3v) is 15.7. The molecule has 0 saturated carbocycles. The molecule has 6 fully saturated rings. The molecule has 0 bridgehead atoms. The van der Waals surface area contributed by atoms with Crippen LogP contribution in [0.3, 0.4) is 0 Å². The number of nitrogens with zero attached hydrogens (tertiary/aromatic N) is 6. The molecular weight excluding hydrogens is 877 g/mol. The lowest BCUT2D eigenvalue weighted by molar-refractivity contribution is 0.0337. The Hall–Kier alpha value is -4.35. The first-order valence-electron chi connectivity index (χ1n) is 28.1. The van der Waals surface area contributed by atoms with E-state index in [2.05, 4.69) is 100 Å². The standard InChI is InChI=1S/C30H38N4O2.C22H26N2O.2C5H12/c35-27(21-33-19-3-17-31-15-1-5-29(31)33)25-11-7-23(8-12-25)24-9-13-26(14-10-24)28(36)22-34-20-4-18-32-16-2-6-30(32)34;1-17-5-7-18(8-6-17)19-9-11-20(12-10-19)21(25)16-24-15-3-14-23-13-2-4-22(23)24;2*1-3-5-4-2/h7-14,29-30H,1-6,15-22H2;5-12,22H,2-4,13-16H2,1H3;2*3-5H2,1-2H3. The fourth-order valence-electron chi connectivity index (χ4n) is 11.7. The Kier molecular flexibility index (Phi) is 21.6. The maximum atomic E-state index is 13.0. The van der Waals surface area contributed by atoms with Crippen LogP contribution in [-0.4, -0.2) is 144 Å². The minimum absolute atomic E-state index is 0.204. The number of carbonyl (C=O) groups is 3. The number of aryl methyl sites for hydroxylation is 1. The van der Waals surface area contributed by atoms with Crippen molar-refractivity contribution in [3.63, 3.8) is 0 Å². The summed E-state index contributed by atoms with van der Waals surface area (Å²) in [4.78, 5) is 53.5. The molecule has 3 atom stereocenters. The second-order valence-electron chi connectivity index (χ2n) is 21.0. The highest BCUT2D eigenvalue weighted by Crippen LogP contribution is 2.29. The van der Waals surface area contributed by atoms with Crippen LogP contribution in [0, 0.1) is 6.92 Å². The molecule has 6 aliphatic rings. The number of carbonyl (C=O) groups excluding carboxylic acids is 3. The molecule has 0 spiro atoms. The van der Waals surface area contributed by atoms with E-state index in [1.807, 2.05) is 60.7 Å². The van der Waals surface area contributed by atoms with Crippen LogP contribution in [0.5, 0.6) is 0 Å². The number of benzene rings is 4. The summed E-state index contributed by atoms with van der Waals surface area (Å²) in [5.41, 5.74) is 8.15. The van der Waals surface area contributed by atoms with Gasteiger partial charge < -0.3 is 0 Å². The van der Waals surface area contributed by atoms with Gasteiger partial charge in [-0.3, -0.25) is 43.8 Å². The van der Waals surface area contributed by atoms with Gasteiger partial charge in [0.25, 0.3) is 0 Å². The predicted octanol–water partition coefficient (Wildman–Crippen LogP) is 12.3. The number of ketones is 3. The molecule has 0 N–H and O–H groups in total. The Labute approximate surface area is 428 Å². The SMILES string of the molecule is CCCCC.CCCCC.Cc1ccc(-c2ccc(C(=O)CN3CCCN4CCCC43)cc2)cc1.O=C(CN1CCCN2CCCC21)c1ccc(-c2ccc(C(=O)CN3CCCN4CCCC43)cc2)cc1. The molecule has 0 amide bonds. The van der Waals surface area contributed by atoms with Crippen LogP contribution in [0.1, 0.15) is 161 Å². The Morgan fingerprint density at radius 3 is 0.873 bits per heavy atom. The van der Waals surface area contributed by atoms with Gasteiger partial charge in [-0.15, -0.1) is 0 Å². The van der Waals surface area contributed by atoms with Crippen molar-refractivity contribution >= 4 is 17.3 Å². The molecule has 9 heteroatoms. The van der Waals surface area contributed by atoms with Crippen molar-refractivity contribution in [2.24, 2.45) is 0 Å². The minimum atomic E-state index is 0.204. The number of hydrogen-bond donors (Lipinski definition) is 0. The summed E-state index contributed by atoms with van der Waals surface area (Å²) in [6, 6.07) is 32.6. The summed E-state index contributed by atoms with van der Waals surface area (Å²) in [6.45, 7) is 22.7. The summed E-state index contributed by atoms with van der Waals surface area (Å²) < 4.78 is 0. The Balaban J connectivity index is 0.000000183. The summed E-state index contributed by atoms with van der Waals surface area (Å²) in [7, 11) is 0. The maximum Gasteiger partial charge on any atom is 0.176 e. The highest BCUT2D eigenvalue weighted by molar-refractivity contribution is 5.99. The molecule has 0 aromatic heterocycles. The first-order chi connectivity index (χ1) is 34.7. The zero-order chi connectivity index (χ0) is 50.0. The van der Waals surface area contributed by atoms with E-state index in [0.717, 1.165) is 65.9 Å². The number of unbranched alkanes of at least 4 members (excludes halogenated alkanes) is 4. The largest absolute Gasteiger partial charge is 0.293 e. The molecule has 3 unspecified atom stereocenters. The molecule has 0 radical (unpaired) electrons. The second kappa shape index (κ2) is 28.2. The Bertz CT molecular complexity index is 2130. The zero-order valence-corrected chi connectivity index (χ0v) is 44.5. The number of Topliss-reactive ketones (excluding diaryl/α,β-unsaturated/α-hetero) is 3. The Morgan fingerprint density at radius 1 is 0.366 bits per heavy atom.